The lowest BCUT2D eigenvalue weighted by Gasteiger charge is -2.32. The van der Waals surface area contributed by atoms with Gasteiger partial charge >= 0.3 is 0 Å². The minimum Gasteiger partial charge on any atom is -0.379 e. The maximum atomic E-state index is 5.91. The lowest BCUT2D eigenvalue weighted by Crippen LogP contribution is -2.42. The van der Waals surface area contributed by atoms with Gasteiger partial charge in [-0.2, -0.15) is 0 Å². The summed E-state index contributed by atoms with van der Waals surface area (Å²) in [5, 5.41) is 4.42. The topological polar surface area (TPSA) is 45.6 Å². The quantitative estimate of drug-likeness (QED) is 0.518. The molecule has 1 aromatic carbocycles. The number of nitrogens with zero attached hydrogens (tertiary/aromatic N) is 4. The smallest absolute Gasteiger partial charge is 0.170 e. The van der Waals surface area contributed by atoms with E-state index < -0.39 is 0 Å². The summed E-state index contributed by atoms with van der Waals surface area (Å²) in [4.78, 5) is 9.56. The fourth-order valence-corrected chi connectivity index (χ4v) is 5.83. The third-order valence-corrected chi connectivity index (χ3v) is 7.92. The van der Waals surface area contributed by atoms with E-state index in [9.17, 15) is 0 Å². The van der Waals surface area contributed by atoms with Gasteiger partial charge in [-0.05, 0) is 80.9 Å². The van der Waals surface area contributed by atoms with Gasteiger partial charge in [0.05, 0.1) is 31.0 Å². The van der Waals surface area contributed by atoms with Crippen LogP contribution in [0.15, 0.2) is 48.7 Å². The highest BCUT2D eigenvalue weighted by Crippen LogP contribution is 2.41. The van der Waals surface area contributed by atoms with E-state index in [1.165, 1.54) is 33.8 Å². The van der Waals surface area contributed by atoms with Crippen LogP contribution in [0.5, 0.6) is 0 Å². The fourth-order valence-electron chi connectivity index (χ4n) is 5.49. The Morgan fingerprint density at radius 2 is 1.83 bits per heavy atom. The molecule has 2 aliphatic heterocycles. The Hall–Kier alpha value is -2.74. The molecular weight excluding hydrogens is 454 g/mol. The van der Waals surface area contributed by atoms with Crippen molar-refractivity contribution in [3.63, 3.8) is 0 Å². The predicted octanol–water partition coefficient (Wildman–Crippen LogP) is 4.41. The Labute approximate surface area is 213 Å². The van der Waals surface area contributed by atoms with Crippen molar-refractivity contribution in [2.75, 3.05) is 39.4 Å². The minimum absolute atomic E-state index is 0.000876. The van der Waals surface area contributed by atoms with Crippen molar-refractivity contribution in [2.45, 2.75) is 39.8 Å². The third kappa shape index (κ3) is 4.60. The predicted molar refractivity (Wildman–Crippen MR) is 144 cm³/mol. The highest BCUT2D eigenvalue weighted by Gasteiger charge is 2.41. The molecule has 184 valence electrons. The first-order valence-electron chi connectivity index (χ1n) is 12.5. The Kier molecular flexibility index (Phi) is 6.91. The van der Waals surface area contributed by atoms with Crippen molar-refractivity contribution in [2.24, 2.45) is 0 Å². The number of aryl methyl sites for hydroxylation is 2. The summed E-state index contributed by atoms with van der Waals surface area (Å²) in [6.07, 6.45) is 1.87. The standard InChI is InChI=1S/C28H35N5OS/c1-19-8-7-10-25(21(19)3)33-20(2)18-23(22(33)4)27-26(24-9-5-6-11-29-24)30-28(35)32(27)13-12-31-14-16-34-17-15-31/h5-11,18,26-27H,12-17H2,1-4H3,(H,30,35)/t26-,27-/m1/s1. The number of hydrogen-bond donors (Lipinski definition) is 1. The van der Waals surface area contributed by atoms with Gasteiger partial charge in [-0.1, -0.05) is 18.2 Å². The molecule has 2 aliphatic rings. The molecule has 5 rings (SSSR count). The molecule has 6 nitrogen and oxygen atoms in total. The van der Waals surface area contributed by atoms with Gasteiger partial charge in [-0.15, -0.1) is 0 Å². The van der Waals surface area contributed by atoms with E-state index in [0.717, 1.165) is 50.2 Å². The molecular formula is C28H35N5OS. The van der Waals surface area contributed by atoms with Crippen molar-refractivity contribution in [1.29, 1.82) is 0 Å². The monoisotopic (exact) mass is 489 g/mol. The van der Waals surface area contributed by atoms with E-state index in [1.807, 2.05) is 12.3 Å². The van der Waals surface area contributed by atoms with E-state index in [-0.39, 0.29) is 12.1 Å². The number of morpholine rings is 1. The Morgan fingerprint density at radius 3 is 2.57 bits per heavy atom. The lowest BCUT2D eigenvalue weighted by atomic mass is 9.96. The van der Waals surface area contributed by atoms with Crippen LogP contribution in [0.25, 0.3) is 5.69 Å². The van der Waals surface area contributed by atoms with E-state index in [1.54, 1.807) is 0 Å². The Morgan fingerprint density at radius 1 is 1.03 bits per heavy atom. The van der Waals surface area contributed by atoms with E-state index in [0.29, 0.717) is 0 Å². The fraction of sp³-hybridized carbons (Fsp3) is 0.429. The molecule has 35 heavy (non-hydrogen) atoms. The van der Waals surface area contributed by atoms with Crippen molar-refractivity contribution in [3.8, 4) is 5.69 Å². The van der Waals surface area contributed by atoms with Crippen LogP contribution < -0.4 is 5.32 Å². The molecule has 0 bridgehead atoms. The third-order valence-electron chi connectivity index (χ3n) is 7.56. The first kappa shape index (κ1) is 24.0. The van der Waals surface area contributed by atoms with Gasteiger partial charge in [0.2, 0.25) is 0 Å². The molecule has 3 aromatic rings. The molecule has 0 saturated carbocycles. The van der Waals surface area contributed by atoms with Crippen molar-refractivity contribution < 1.29 is 4.74 Å². The minimum atomic E-state index is 0.000876. The summed E-state index contributed by atoms with van der Waals surface area (Å²) in [5.74, 6) is 0. The van der Waals surface area contributed by atoms with Crippen molar-refractivity contribution >= 4 is 17.3 Å². The number of ether oxygens (including phenoxy) is 1. The maximum Gasteiger partial charge on any atom is 0.170 e. The van der Waals surface area contributed by atoms with Gasteiger partial charge in [-0.3, -0.25) is 9.88 Å². The molecule has 2 aromatic heterocycles. The number of thiocarbonyl (C=S) groups is 1. The highest BCUT2D eigenvalue weighted by atomic mass is 32.1. The number of pyridine rings is 1. The maximum absolute atomic E-state index is 5.91. The molecule has 2 fully saturated rings. The Bertz CT molecular complexity index is 1200. The molecule has 0 amide bonds. The second kappa shape index (κ2) is 10.1. The van der Waals surface area contributed by atoms with Crippen LogP contribution in [0.3, 0.4) is 0 Å². The van der Waals surface area contributed by atoms with Crippen LogP contribution in [-0.2, 0) is 4.74 Å². The second-order valence-corrected chi connectivity index (χ2v) is 10.0. The van der Waals surface area contributed by atoms with Crippen LogP contribution >= 0.6 is 12.2 Å². The average Bonchev–Trinajstić information content (AvgIpc) is 3.35. The van der Waals surface area contributed by atoms with Gasteiger partial charge in [0.25, 0.3) is 0 Å². The van der Waals surface area contributed by atoms with Gasteiger partial charge in [-0.25, -0.2) is 0 Å². The summed E-state index contributed by atoms with van der Waals surface area (Å²) in [6.45, 7) is 14.2. The van der Waals surface area contributed by atoms with Crippen LogP contribution in [-0.4, -0.2) is 63.9 Å². The molecule has 0 aliphatic carbocycles. The zero-order valence-electron chi connectivity index (χ0n) is 21.1. The molecule has 0 radical (unpaired) electrons. The highest BCUT2D eigenvalue weighted by molar-refractivity contribution is 7.80. The SMILES string of the molecule is Cc1cccc(-n2c(C)cc([C@@H]3[C@@H](c4ccccn4)NC(=S)N3CCN3CCOCC3)c2C)c1C. The van der Waals surface area contributed by atoms with E-state index >= 15 is 0 Å². The molecule has 7 heteroatoms. The van der Waals surface area contributed by atoms with Crippen LogP contribution in [0, 0.1) is 27.7 Å². The summed E-state index contributed by atoms with van der Waals surface area (Å²) in [6, 6.07) is 15.1. The van der Waals surface area contributed by atoms with Crippen LogP contribution in [0.1, 0.15) is 45.9 Å². The van der Waals surface area contributed by atoms with Gasteiger partial charge < -0.3 is 19.5 Å². The van der Waals surface area contributed by atoms with Crippen molar-refractivity contribution in [1.82, 2.24) is 24.7 Å². The number of rotatable bonds is 6. The molecule has 1 N–H and O–H groups in total. The molecule has 2 saturated heterocycles. The first-order chi connectivity index (χ1) is 17.0. The van der Waals surface area contributed by atoms with Crippen molar-refractivity contribution in [3.05, 3.63) is 82.4 Å². The lowest BCUT2D eigenvalue weighted by molar-refractivity contribution is 0.0350. The molecule has 2 atom stereocenters. The number of benzene rings is 1. The first-order valence-corrected chi connectivity index (χ1v) is 12.9. The summed E-state index contributed by atoms with van der Waals surface area (Å²) < 4.78 is 7.94. The molecule has 0 unspecified atom stereocenters. The zero-order valence-corrected chi connectivity index (χ0v) is 21.9. The molecule has 4 heterocycles. The molecule has 0 spiro atoms. The van der Waals surface area contributed by atoms with Gasteiger partial charge in [0, 0.05) is 49.5 Å². The van der Waals surface area contributed by atoms with Crippen LogP contribution in [0.2, 0.25) is 0 Å². The van der Waals surface area contributed by atoms with E-state index in [4.69, 9.17) is 21.9 Å². The van der Waals surface area contributed by atoms with Gasteiger partial charge in [0.15, 0.2) is 5.11 Å². The summed E-state index contributed by atoms with van der Waals surface area (Å²) in [5.41, 5.74) is 8.67. The van der Waals surface area contributed by atoms with Crippen LogP contribution in [0.4, 0.5) is 0 Å². The normalized spacial score (nSPS) is 20.9. The number of hydrogen-bond acceptors (Lipinski definition) is 4. The largest absolute Gasteiger partial charge is 0.379 e. The second-order valence-electron chi connectivity index (χ2n) is 9.65. The van der Waals surface area contributed by atoms with E-state index in [2.05, 4.69) is 83.8 Å². The summed E-state index contributed by atoms with van der Waals surface area (Å²) >= 11 is 5.91. The number of aromatic nitrogens is 2. The number of nitrogens with one attached hydrogen (secondary N) is 1. The average molecular weight is 490 g/mol. The van der Waals surface area contributed by atoms with Gasteiger partial charge in [0.1, 0.15) is 0 Å². The summed E-state index contributed by atoms with van der Waals surface area (Å²) in [7, 11) is 0. The Balaban J connectivity index is 1.55. The zero-order chi connectivity index (χ0) is 24.5.